The molecule has 2 amide bonds. The van der Waals surface area contributed by atoms with Crippen LogP contribution in [-0.4, -0.2) is 50.7 Å². The Morgan fingerprint density at radius 3 is 2.33 bits per heavy atom. The first-order valence-corrected chi connectivity index (χ1v) is 12.5. The number of nitrogens with zero attached hydrogens (tertiary/aromatic N) is 1. The number of carbonyl (C=O) groups is 2. The lowest BCUT2D eigenvalue weighted by molar-refractivity contribution is -0.137. The van der Waals surface area contributed by atoms with Crippen LogP contribution in [0.2, 0.25) is 0 Å². The fourth-order valence-electron chi connectivity index (χ4n) is 4.56. The lowest BCUT2D eigenvalue weighted by atomic mass is 9.94. The second kappa shape index (κ2) is 10.3. The normalized spacial score (nSPS) is 15.2. The van der Waals surface area contributed by atoms with Gasteiger partial charge in [-0.05, 0) is 86.1 Å². The van der Waals surface area contributed by atoms with Crippen molar-refractivity contribution in [2.24, 2.45) is 0 Å². The van der Waals surface area contributed by atoms with Crippen molar-refractivity contribution in [2.45, 2.75) is 24.4 Å². The second-order valence-electron chi connectivity index (χ2n) is 10.0. The Morgan fingerprint density at radius 1 is 0.949 bits per heavy atom. The summed E-state index contributed by atoms with van der Waals surface area (Å²) in [6.07, 6.45) is -3.47. The van der Waals surface area contributed by atoms with Crippen LogP contribution >= 0.6 is 0 Å². The number of amides is 2. The highest BCUT2D eigenvalue weighted by molar-refractivity contribution is 6.02. The van der Waals surface area contributed by atoms with E-state index in [2.05, 4.69) is 10.6 Å². The maximum absolute atomic E-state index is 13.8. The van der Waals surface area contributed by atoms with Crippen molar-refractivity contribution in [2.75, 3.05) is 39.3 Å². The molecule has 0 aromatic heterocycles. The summed E-state index contributed by atoms with van der Waals surface area (Å²) < 4.78 is 52.1. The highest BCUT2D eigenvalue weighted by Gasteiger charge is 2.51. The molecule has 1 heterocycles. The molecule has 0 unspecified atom stereocenters. The molecule has 39 heavy (non-hydrogen) atoms. The van der Waals surface area contributed by atoms with Crippen LogP contribution in [0.25, 0.3) is 11.1 Å². The summed E-state index contributed by atoms with van der Waals surface area (Å²) >= 11 is 0. The van der Waals surface area contributed by atoms with Crippen LogP contribution in [0.5, 0.6) is 11.5 Å². The summed E-state index contributed by atoms with van der Waals surface area (Å²) in [6.45, 7) is 1.25. The summed E-state index contributed by atoms with van der Waals surface area (Å²) in [5.41, 5.74) is 0.215. The van der Waals surface area contributed by atoms with Crippen LogP contribution < -0.4 is 20.1 Å². The zero-order valence-corrected chi connectivity index (χ0v) is 21.5. The Morgan fingerprint density at radius 2 is 1.67 bits per heavy atom. The molecule has 1 aliphatic heterocycles. The Balaban J connectivity index is 0.00000231. The lowest BCUT2D eigenvalue weighted by Gasteiger charge is -2.18. The molecular weight excluding hydrogens is 511 g/mol. The van der Waals surface area contributed by atoms with Crippen molar-refractivity contribution >= 4 is 17.5 Å². The average molecular weight is 544 g/mol. The van der Waals surface area contributed by atoms with Crippen LogP contribution in [0.3, 0.4) is 0 Å². The van der Waals surface area contributed by atoms with Gasteiger partial charge in [0.2, 0.25) is 12.7 Å². The Kier molecular flexibility index (Phi) is 6.98. The number of ether oxygens (including phenoxy) is 2. The molecule has 1 saturated carbocycles. The standard InChI is InChI=1S/C29H28F3N3O4.2H2/c1-35(2)12-11-33-26(36)19-5-3-18(4-6-19)20-13-22(29(30,31)32)15-23(14-20)34-27(37)28(9-10-28)21-7-8-24-25(16-21)39-17-38-24;;/h3-8,13-16H,9-12,17H2,1-2H3,(H,33,36)(H,34,37);2*1H. The summed E-state index contributed by atoms with van der Waals surface area (Å²) in [6, 6.07) is 15.1. The zero-order chi connectivity index (χ0) is 27.8. The highest BCUT2D eigenvalue weighted by Crippen LogP contribution is 2.51. The maximum atomic E-state index is 13.8. The summed E-state index contributed by atoms with van der Waals surface area (Å²) in [4.78, 5) is 27.7. The average Bonchev–Trinajstić information content (AvgIpc) is 3.58. The number of nitrogens with one attached hydrogen (secondary N) is 2. The van der Waals surface area contributed by atoms with Gasteiger partial charge in [-0.1, -0.05) is 18.2 Å². The predicted molar refractivity (Wildman–Crippen MR) is 144 cm³/mol. The van der Waals surface area contributed by atoms with Crippen molar-refractivity contribution in [3.05, 3.63) is 77.4 Å². The van der Waals surface area contributed by atoms with Crippen LogP contribution in [0.1, 0.15) is 37.2 Å². The van der Waals surface area contributed by atoms with Gasteiger partial charge >= 0.3 is 6.18 Å². The first-order valence-electron chi connectivity index (χ1n) is 12.5. The molecule has 0 atom stereocenters. The van der Waals surface area contributed by atoms with Gasteiger partial charge in [-0.25, -0.2) is 0 Å². The van der Waals surface area contributed by atoms with Crippen LogP contribution in [0.4, 0.5) is 18.9 Å². The van der Waals surface area contributed by atoms with Crippen LogP contribution in [0, 0.1) is 0 Å². The van der Waals surface area contributed by atoms with Crippen molar-refractivity contribution in [3.8, 4) is 22.6 Å². The molecule has 7 nitrogen and oxygen atoms in total. The summed E-state index contributed by atoms with van der Waals surface area (Å²) in [5.74, 6) is 0.493. The molecule has 10 heteroatoms. The number of anilines is 1. The molecule has 5 rings (SSSR count). The fraction of sp³-hybridized carbons (Fsp3) is 0.310. The fourth-order valence-corrected chi connectivity index (χ4v) is 4.56. The van der Waals surface area contributed by atoms with E-state index in [0.29, 0.717) is 48.6 Å². The third kappa shape index (κ3) is 5.70. The van der Waals surface area contributed by atoms with E-state index in [1.54, 1.807) is 42.5 Å². The van der Waals surface area contributed by atoms with Crippen molar-refractivity contribution in [1.82, 2.24) is 10.2 Å². The lowest BCUT2D eigenvalue weighted by Crippen LogP contribution is -2.31. The van der Waals surface area contributed by atoms with E-state index in [4.69, 9.17) is 9.47 Å². The molecule has 0 radical (unpaired) electrons. The SMILES string of the molecule is CN(C)CCNC(=O)c1ccc(-c2cc(NC(=O)C3(c4ccc5c(c4)OCO5)CC3)cc(C(F)(F)F)c2)cc1.[HH].[HH]. The minimum Gasteiger partial charge on any atom is -0.454 e. The number of fused-ring (bicyclic) bond motifs is 1. The summed E-state index contributed by atoms with van der Waals surface area (Å²) in [5, 5.41) is 5.52. The molecule has 2 N–H and O–H groups in total. The van der Waals surface area contributed by atoms with E-state index in [1.165, 1.54) is 6.07 Å². The van der Waals surface area contributed by atoms with Gasteiger partial charge in [0.05, 0.1) is 11.0 Å². The van der Waals surface area contributed by atoms with Gasteiger partial charge in [0.1, 0.15) is 0 Å². The number of hydrogen-bond acceptors (Lipinski definition) is 5. The number of alkyl halides is 3. The topological polar surface area (TPSA) is 79.9 Å². The minimum atomic E-state index is -4.61. The molecule has 1 aliphatic carbocycles. The van der Waals surface area contributed by atoms with E-state index in [1.807, 2.05) is 19.0 Å². The molecule has 1 fully saturated rings. The number of carbonyl (C=O) groups excluding carboxylic acids is 2. The smallest absolute Gasteiger partial charge is 0.416 e. The van der Waals surface area contributed by atoms with Crippen LogP contribution in [-0.2, 0) is 16.4 Å². The van der Waals surface area contributed by atoms with Gasteiger partial charge in [0, 0.05) is 27.2 Å². The largest absolute Gasteiger partial charge is 0.454 e. The molecule has 0 saturated heterocycles. The van der Waals surface area contributed by atoms with E-state index in [9.17, 15) is 22.8 Å². The molecule has 0 bridgehead atoms. The maximum Gasteiger partial charge on any atom is 0.416 e. The zero-order valence-electron chi connectivity index (χ0n) is 21.5. The van der Waals surface area contributed by atoms with E-state index >= 15 is 0 Å². The molecule has 3 aromatic carbocycles. The Labute approximate surface area is 226 Å². The number of rotatable bonds is 8. The first-order chi connectivity index (χ1) is 18.5. The van der Waals surface area contributed by atoms with Gasteiger partial charge < -0.3 is 25.0 Å². The first kappa shape index (κ1) is 26.6. The highest BCUT2D eigenvalue weighted by atomic mass is 19.4. The minimum absolute atomic E-state index is 0. The van der Waals surface area contributed by atoms with Crippen LogP contribution in [0.15, 0.2) is 60.7 Å². The van der Waals surface area contributed by atoms with E-state index < -0.39 is 17.2 Å². The molecule has 208 valence electrons. The monoisotopic (exact) mass is 543 g/mol. The molecular formula is C29H32F3N3O4. The third-order valence-corrected chi connectivity index (χ3v) is 6.95. The number of hydrogen-bond donors (Lipinski definition) is 2. The number of halogens is 3. The van der Waals surface area contributed by atoms with Crippen molar-refractivity contribution in [1.29, 1.82) is 0 Å². The number of benzene rings is 3. The van der Waals surface area contributed by atoms with Gasteiger partial charge in [-0.2, -0.15) is 13.2 Å². The van der Waals surface area contributed by atoms with Crippen molar-refractivity contribution < 1.29 is 35.1 Å². The van der Waals surface area contributed by atoms with E-state index in [-0.39, 0.29) is 32.7 Å². The molecule has 2 aliphatic rings. The Hall–Kier alpha value is -4.05. The number of likely N-dealkylation sites (N-methyl/N-ethyl adjacent to an activating group) is 1. The van der Waals surface area contributed by atoms with Gasteiger partial charge in [-0.15, -0.1) is 0 Å². The third-order valence-electron chi connectivity index (χ3n) is 6.95. The van der Waals surface area contributed by atoms with Gasteiger partial charge in [-0.3, -0.25) is 9.59 Å². The summed E-state index contributed by atoms with van der Waals surface area (Å²) in [7, 11) is 3.79. The Bertz CT molecular complexity index is 1410. The molecule has 3 aromatic rings. The quantitative estimate of drug-likeness (QED) is 0.389. The van der Waals surface area contributed by atoms with Gasteiger partial charge in [0.15, 0.2) is 11.5 Å². The van der Waals surface area contributed by atoms with Gasteiger partial charge in [0.25, 0.3) is 5.91 Å². The van der Waals surface area contributed by atoms with Crippen molar-refractivity contribution in [3.63, 3.8) is 0 Å². The second-order valence-corrected chi connectivity index (χ2v) is 10.0. The van der Waals surface area contributed by atoms with E-state index in [0.717, 1.165) is 17.7 Å². The molecule has 0 spiro atoms. The predicted octanol–water partition coefficient (Wildman–Crippen LogP) is 5.55.